The van der Waals surface area contributed by atoms with Gasteiger partial charge in [-0.05, 0) is 11.6 Å². The first-order chi connectivity index (χ1) is 6.56. The zero-order valence-electron chi connectivity index (χ0n) is 7.18. The number of aliphatic hydroxyl groups excluding tert-OH is 1. The summed E-state index contributed by atoms with van der Waals surface area (Å²) < 4.78 is 0. The van der Waals surface area contributed by atoms with Crippen LogP contribution in [0, 0.1) is 10.1 Å². The molecule has 0 saturated heterocycles. The first-order valence-corrected chi connectivity index (χ1v) is 4.26. The van der Waals surface area contributed by atoms with Gasteiger partial charge in [0.15, 0.2) is 0 Å². The van der Waals surface area contributed by atoms with E-state index in [0.717, 1.165) is 0 Å². The van der Waals surface area contributed by atoms with Crippen LogP contribution in [0.3, 0.4) is 0 Å². The first-order valence-electron chi connectivity index (χ1n) is 3.88. The standard InChI is InChI=1S/C8H9ClN2O3/c9-6-2-1-5(8(12)4-10)3-7(6)11(13)14/h1-3,8,12H,4,10H2/t8-/m1/s1. The van der Waals surface area contributed by atoms with Crippen LogP contribution < -0.4 is 5.73 Å². The highest BCUT2D eigenvalue weighted by molar-refractivity contribution is 6.32. The van der Waals surface area contributed by atoms with Gasteiger partial charge in [0.2, 0.25) is 0 Å². The van der Waals surface area contributed by atoms with Crippen LogP contribution in [0.4, 0.5) is 5.69 Å². The molecule has 6 heteroatoms. The molecule has 76 valence electrons. The molecule has 0 radical (unpaired) electrons. The van der Waals surface area contributed by atoms with Gasteiger partial charge in [-0.25, -0.2) is 0 Å². The van der Waals surface area contributed by atoms with E-state index in [2.05, 4.69) is 0 Å². The maximum atomic E-state index is 10.5. The number of benzene rings is 1. The van der Waals surface area contributed by atoms with Crippen LogP contribution >= 0.6 is 11.6 Å². The minimum Gasteiger partial charge on any atom is -0.387 e. The van der Waals surface area contributed by atoms with E-state index in [9.17, 15) is 15.2 Å². The number of nitro groups is 1. The number of hydrogen-bond donors (Lipinski definition) is 2. The third-order valence-corrected chi connectivity index (χ3v) is 2.09. The summed E-state index contributed by atoms with van der Waals surface area (Å²) in [6.45, 7) is 0.0127. The van der Waals surface area contributed by atoms with E-state index < -0.39 is 11.0 Å². The van der Waals surface area contributed by atoms with Crippen LogP contribution in [0.15, 0.2) is 18.2 Å². The Morgan fingerprint density at radius 3 is 2.79 bits per heavy atom. The summed E-state index contributed by atoms with van der Waals surface area (Å²) >= 11 is 5.58. The van der Waals surface area contributed by atoms with Gasteiger partial charge in [0.1, 0.15) is 5.02 Å². The van der Waals surface area contributed by atoms with Crippen molar-refractivity contribution in [3.8, 4) is 0 Å². The zero-order valence-corrected chi connectivity index (χ0v) is 7.94. The average Bonchev–Trinajstić information content (AvgIpc) is 2.17. The van der Waals surface area contributed by atoms with Gasteiger partial charge in [-0.15, -0.1) is 0 Å². The second-order valence-corrected chi connectivity index (χ2v) is 3.13. The minimum absolute atomic E-state index is 0.0127. The van der Waals surface area contributed by atoms with E-state index in [1.54, 1.807) is 0 Å². The second-order valence-electron chi connectivity index (χ2n) is 2.72. The average molecular weight is 217 g/mol. The molecule has 0 amide bonds. The molecule has 14 heavy (non-hydrogen) atoms. The van der Waals surface area contributed by atoms with Crippen molar-refractivity contribution in [2.75, 3.05) is 6.54 Å². The smallest absolute Gasteiger partial charge is 0.288 e. The molecule has 1 aromatic carbocycles. The Balaban J connectivity index is 3.12. The van der Waals surface area contributed by atoms with Crippen LogP contribution in [0.5, 0.6) is 0 Å². The van der Waals surface area contributed by atoms with E-state index in [4.69, 9.17) is 17.3 Å². The highest BCUT2D eigenvalue weighted by atomic mass is 35.5. The molecule has 0 unspecified atom stereocenters. The molecule has 1 rings (SSSR count). The van der Waals surface area contributed by atoms with Crippen molar-refractivity contribution in [1.82, 2.24) is 0 Å². The molecule has 0 heterocycles. The molecule has 1 aromatic rings. The summed E-state index contributed by atoms with van der Waals surface area (Å²) in [5.74, 6) is 0. The number of halogens is 1. The SMILES string of the molecule is NC[C@@H](O)c1ccc(Cl)c([N+](=O)[O-])c1. The predicted molar refractivity (Wildman–Crippen MR) is 52.1 cm³/mol. The third kappa shape index (κ3) is 2.20. The van der Waals surface area contributed by atoms with Crippen molar-refractivity contribution in [2.45, 2.75) is 6.10 Å². The maximum Gasteiger partial charge on any atom is 0.288 e. The van der Waals surface area contributed by atoms with Gasteiger partial charge in [-0.1, -0.05) is 17.7 Å². The monoisotopic (exact) mass is 216 g/mol. The van der Waals surface area contributed by atoms with Gasteiger partial charge in [0, 0.05) is 12.6 Å². The van der Waals surface area contributed by atoms with Crippen molar-refractivity contribution in [3.63, 3.8) is 0 Å². The van der Waals surface area contributed by atoms with Crippen LogP contribution in [0.1, 0.15) is 11.7 Å². The Morgan fingerprint density at radius 1 is 1.64 bits per heavy atom. The number of aliphatic hydroxyl groups is 1. The van der Waals surface area contributed by atoms with Crippen LogP contribution in [0.2, 0.25) is 5.02 Å². The highest BCUT2D eigenvalue weighted by Crippen LogP contribution is 2.27. The Labute approximate surface area is 85.3 Å². The molecule has 0 bridgehead atoms. The molecule has 5 nitrogen and oxygen atoms in total. The lowest BCUT2D eigenvalue weighted by molar-refractivity contribution is -0.384. The Kier molecular flexibility index (Phi) is 3.40. The summed E-state index contributed by atoms with van der Waals surface area (Å²) in [5.41, 5.74) is 5.38. The number of hydrogen-bond acceptors (Lipinski definition) is 4. The lowest BCUT2D eigenvalue weighted by Gasteiger charge is -2.07. The van der Waals surface area contributed by atoms with Crippen molar-refractivity contribution in [3.05, 3.63) is 38.9 Å². The van der Waals surface area contributed by atoms with E-state index in [-0.39, 0.29) is 17.3 Å². The van der Waals surface area contributed by atoms with E-state index in [0.29, 0.717) is 5.56 Å². The zero-order chi connectivity index (χ0) is 10.7. The number of rotatable bonds is 3. The quantitative estimate of drug-likeness (QED) is 0.588. The highest BCUT2D eigenvalue weighted by Gasteiger charge is 2.15. The number of nitrogens with zero attached hydrogens (tertiary/aromatic N) is 1. The molecule has 0 aliphatic rings. The fourth-order valence-corrected chi connectivity index (χ4v) is 1.20. The third-order valence-electron chi connectivity index (χ3n) is 1.77. The van der Waals surface area contributed by atoms with Gasteiger partial charge in [-0.3, -0.25) is 10.1 Å². The molecule has 0 fully saturated rings. The van der Waals surface area contributed by atoms with Crippen molar-refractivity contribution >= 4 is 17.3 Å². The molecule has 3 N–H and O–H groups in total. The molecule has 1 atom stereocenters. The van der Waals surface area contributed by atoms with Gasteiger partial charge in [0.25, 0.3) is 5.69 Å². The summed E-state index contributed by atoms with van der Waals surface area (Å²) in [4.78, 5) is 9.89. The van der Waals surface area contributed by atoms with Gasteiger partial charge in [0.05, 0.1) is 11.0 Å². The predicted octanol–water partition coefficient (Wildman–Crippen LogP) is 1.24. The van der Waals surface area contributed by atoms with Crippen LogP contribution in [-0.2, 0) is 0 Å². The number of nitrogens with two attached hydrogens (primary N) is 1. The van der Waals surface area contributed by atoms with Gasteiger partial charge >= 0.3 is 0 Å². The Hall–Kier alpha value is -1.17. The first kappa shape index (κ1) is 10.9. The van der Waals surface area contributed by atoms with Gasteiger partial charge in [-0.2, -0.15) is 0 Å². The van der Waals surface area contributed by atoms with E-state index in [1.807, 2.05) is 0 Å². The topological polar surface area (TPSA) is 89.4 Å². The molecule has 0 saturated carbocycles. The van der Waals surface area contributed by atoms with E-state index in [1.165, 1.54) is 18.2 Å². The Bertz CT molecular complexity index is 356. The van der Waals surface area contributed by atoms with Crippen LogP contribution in [0.25, 0.3) is 0 Å². The largest absolute Gasteiger partial charge is 0.387 e. The fourth-order valence-electron chi connectivity index (χ4n) is 1.01. The molecule has 0 aromatic heterocycles. The van der Waals surface area contributed by atoms with Crippen molar-refractivity contribution in [1.29, 1.82) is 0 Å². The molecule has 0 aliphatic heterocycles. The maximum absolute atomic E-state index is 10.5. The lowest BCUT2D eigenvalue weighted by Crippen LogP contribution is -2.11. The summed E-state index contributed by atoms with van der Waals surface area (Å²) in [5, 5.41) is 19.9. The normalized spacial score (nSPS) is 12.5. The second kappa shape index (κ2) is 4.36. The lowest BCUT2D eigenvalue weighted by atomic mass is 10.1. The Morgan fingerprint density at radius 2 is 2.29 bits per heavy atom. The van der Waals surface area contributed by atoms with Gasteiger partial charge < -0.3 is 10.8 Å². The van der Waals surface area contributed by atoms with E-state index >= 15 is 0 Å². The van der Waals surface area contributed by atoms with Crippen molar-refractivity contribution < 1.29 is 10.0 Å². The molecular formula is C8H9ClN2O3. The van der Waals surface area contributed by atoms with Crippen molar-refractivity contribution in [2.24, 2.45) is 5.73 Å². The minimum atomic E-state index is -0.897. The molecule has 0 spiro atoms. The molecular weight excluding hydrogens is 208 g/mol. The van der Waals surface area contributed by atoms with Crippen LogP contribution in [-0.4, -0.2) is 16.6 Å². The number of nitro benzene ring substituents is 1. The fraction of sp³-hybridized carbons (Fsp3) is 0.250. The summed E-state index contributed by atoms with van der Waals surface area (Å²) in [6, 6.07) is 4.10. The summed E-state index contributed by atoms with van der Waals surface area (Å²) in [7, 11) is 0. The molecule has 0 aliphatic carbocycles. The summed E-state index contributed by atoms with van der Waals surface area (Å²) in [6.07, 6.45) is -0.897.